The SMILES string of the molecule is CCNC(=NCc1ccc(OC)cc1OC)NC1CCN(C(=O)C2CCCCC2)C1.I. The van der Waals surface area contributed by atoms with E-state index in [1.54, 1.807) is 14.2 Å². The summed E-state index contributed by atoms with van der Waals surface area (Å²) in [5, 5.41) is 6.83. The quantitative estimate of drug-likeness (QED) is 0.312. The number of hydrogen-bond acceptors (Lipinski definition) is 4. The van der Waals surface area contributed by atoms with E-state index in [4.69, 9.17) is 14.5 Å². The molecule has 1 saturated heterocycles. The number of likely N-dealkylation sites (tertiary alicyclic amines) is 1. The lowest BCUT2D eigenvalue weighted by atomic mass is 9.88. The van der Waals surface area contributed by atoms with Crippen LogP contribution in [0, 0.1) is 5.92 Å². The molecule has 1 unspecified atom stereocenters. The fourth-order valence-electron chi connectivity index (χ4n) is 4.35. The predicted octanol–water partition coefficient (Wildman–Crippen LogP) is 3.56. The maximum atomic E-state index is 12.8. The molecule has 2 N–H and O–H groups in total. The summed E-state index contributed by atoms with van der Waals surface area (Å²) in [7, 11) is 3.30. The van der Waals surface area contributed by atoms with E-state index in [-0.39, 0.29) is 35.9 Å². The molecule has 2 aliphatic rings. The van der Waals surface area contributed by atoms with Gasteiger partial charge in [0.1, 0.15) is 11.5 Å². The van der Waals surface area contributed by atoms with Gasteiger partial charge < -0.3 is 25.0 Å². The maximum absolute atomic E-state index is 12.8. The van der Waals surface area contributed by atoms with E-state index in [2.05, 4.69) is 17.6 Å². The highest BCUT2D eigenvalue weighted by Crippen LogP contribution is 2.27. The monoisotopic (exact) mass is 544 g/mol. The number of carbonyl (C=O) groups is 1. The molecule has 1 heterocycles. The van der Waals surface area contributed by atoms with E-state index in [9.17, 15) is 4.79 Å². The second kappa shape index (κ2) is 13.0. The van der Waals surface area contributed by atoms with Gasteiger partial charge >= 0.3 is 0 Å². The van der Waals surface area contributed by atoms with Crippen LogP contribution in [0.3, 0.4) is 0 Å². The molecule has 31 heavy (non-hydrogen) atoms. The van der Waals surface area contributed by atoms with Crippen molar-refractivity contribution in [2.24, 2.45) is 10.9 Å². The summed E-state index contributed by atoms with van der Waals surface area (Å²) in [4.78, 5) is 19.6. The average molecular weight is 544 g/mol. The second-order valence-corrected chi connectivity index (χ2v) is 8.12. The van der Waals surface area contributed by atoms with E-state index in [0.29, 0.717) is 12.5 Å². The van der Waals surface area contributed by atoms with Gasteiger partial charge in [-0.05, 0) is 38.3 Å². The minimum atomic E-state index is 0. The lowest BCUT2D eigenvalue weighted by Gasteiger charge is -2.26. The van der Waals surface area contributed by atoms with Crippen LogP contribution in [0.2, 0.25) is 0 Å². The van der Waals surface area contributed by atoms with Crippen LogP contribution in [0.15, 0.2) is 23.2 Å². The molecular formula is C23H37IN4O3. The lowest BCUT2D eigenvalue weighted by molar-refractivity contribution is -0.135. The Morgan fingerprint density at radius 3 is 2.61 bits per heavy atom. The Kier molecular flexibility index (Phi) is 10.7. The van der Waals surface area contributed by atoms with Gasteiger partial charge in [0, 0.05) is 43.2 Å². The summed E-state index contributed by atoms with van der Waals surface area (Å²) in [6.45, 7) is 4.92. The van der Waals surface area contributed by atoms with E-state index in [1.165, 1.54) is 19.3 Å². The highest BCUT2D eigenvalue weighted by atomic mass is 127. The summed E-state index contributed by atoms with van der Waals surface area (Å²) in [6, 6.07) is 5.99. The number of benzene rings is 1. The molecule has 7 nitrogen and oxygen atoms in total. The van der Waals surface area contributed by atoms with Crippen molar-refractivity contribution in [2.45, 2.75) is 58.0 Å². The normalized spacial score (nSPS) is 19.5. The number of aliphatic imine (C=N–C) groups is 1. The molecule has 0 spiro atoms. The minimum Gasteiger partial charge on any atom is -0.497 e. The van der Waals surface area contributed by atoms with Crippen LogP contribution in [0.1, 0.15) is 51.0 Å². The minimum absolute atomic E-state index is 0. The number of methoxy groups -OCH3 is 2. The molecule has 1 atom stereocenters. The van der Waals surface area contributed by atoms with Crippen LogP contribution < -0.4 is 20.1 Å². The average Bonchev–Trinajstić information content (AvgIpc) is 3.26. The summed E-state index contributed by atoms with van der Waals surface area (Å²) < 4.78 is 10.7. The van der Waals surface area contributed by atoms with Crippen molar-refractivity contribution in [3.63, 3.8) is 0 Å². The molecule has 1 aliphatic heterocycles. The van der Waals surface area contributed by atoms with Crippen molar-refractivity contribution in [1.82, 2.24) is 15.5 Å². The van der Waals surface area contributed by atoms with Crippen molar-refractivity contribution in [2.75, 3.05) is 33.9 Å². The Bertz CT molecular complexity index is 738. The van der Waals surface area contributed by atoms with Crippen LogP contribution in [0.4, 0.5) is 0 Å². The number of nitrogens with one attached hydrogen (secondary N) is 2. The number of nitrogens with zero attached hydrogens (tertiary/aromatic N) is 2. The number of amides is 1. The fraction of sp³-hybridized carbons (Fsp3) is 0.652. The highest BCUT2D eigenvalue weighted by molar-refractivity contribution is 14.0. The number of hydrogen-bond donors (Lipinski definition) is 2. The van der Waals surface area contributed by atoms with Crippen molar-refractivity contribution >= 4 is 35.8 Å². The third-order valence-corrected chi connectivity index (χ3v) is 6.04. The first-order valence-corrected chi connectivity index (χ1v) is 11.2. The van der Waals surface area contributed by atoms with E-state index in [0.717, 1.165) is 61.9 Å². The highest BCUT2D eigenvalue weighted by Gasteiger charge is 2.31. The summed E-state index contributed by atoms with van der Waals surface area (Å²) in [5.41, 5.74) is 0.996. The van der Waals surface area contributed by atoms with Crippen molar-refractivity contribution in [1.29, 1.82) is 0 Å². The van der Waals surface area contributed by atoms with Crippen LogP contribution >= 0.6 is 24.0 Å². The Balaban J connectivity index is 0.00000341. The second-order valence-electron chi connectivity index (χ2n) is 8.12. The first-order valence-electron chi connectivity index (χ1n) is 11.2. The van der Waals surface area contributed by atoms with Gasteiger partial charge in [0.15, 0.2) is 5.96 Å². The van der Waals surface area contributed by atoms with Crippen LogP contribution in [-0.4, -0.2) is 56.7 Å². The van der Waals surface area contributed by atoms with E-state index >= 15 is 0 Å². The van der Waals surface area contributed by atoms with Crippen LogP contribution in [0.5, 0.6) is 11.5 Å². The molecule has 174 valence electrons. The number of rotatable bonds is 7. The lowest BCUT2D eigenvalue weighted by Crippen LogP contribution is -2.45. The van der Waals surface area contributed by atoms with Gasteiger partial charge in [-0.2, -0.15) is 0 Å². The molecule has 0 aromatic heterocycles. The third-order valence-electron chi connectivity index (χ3n) is 6.04. The van der Waals surface area contributed by atoms with Gasteiger partial charge in [-0.1, -0.05) is 19.3 Å². The zero-order valence-electron chi connectivity index (χ0n) is 19.0. The van der Waals surface area contributed by atoms with Crippen LogP contribution in [0.25, 0.3) is 0 Å². The van der Waals surface area contributed by atoms with Gasteiger partial charge in [0.25, 0.3) is 0 Å². The number of carbonyl (C=O) groups excluding carboxylic acids is 1. The Morgan fingerprint density at radius 2 is 1.94 bits per heavy atom. The van der Waals surface area contributed by atoms with E-state index in [1.807, 2.05) is 23.1 Å². The molecule has 0 radical (unpaired) electrons. The molecular weight excluding hydrogens is 507 g/mol. The van der Waals surface area contributed by atoms with Crippen LogP contribution in [-0.2, 0) is 11.3 Å². The molecule has 1 amide bonds. The zero-order chi connectivity index (χ0) is 21.3. The predicted molar refractivity (Wildman–Crippen MR) is 134 cm³/mol. The molecule has 2 fully saturated rings. The molecule has 8 heteroatoms. The maximum Gasteiger partial charge on any atom is 0.225 e. The largest absolute Gasteiger partial charge is 0.497 e. The Hall–Kier alpha value is -1.71. The summed E-state index contributed by atoms with van der Waals surface area (Å²) in [6.07, 6.45) is 6.72. The molecule has 0 bridgehead atoms. The van der Waals surface area contributed by atoms with Gasteiger partial charge in [-0.15, -0.1) is 24.0 Å². The number of halogens is 1. The zero-order valence-corrected chi connectivity index (χ0v) is 21.3. The van der Waals surface area contributed by atoms with Gasteiger partial charge in [-0.3, -0.25) is 4.79 Å². The van der Waals surface area contributed by atoms with Crippen molar-refractivity contribution in [3.05, 3.63) is 23.8 Å². The number of ether oxygens (including phenoxy) is 2. The summed E-state index contributed by atoms with van der Waals surface area (Å²) in [5.74, 6) is 2.88. The van der Waals surface area contributed by atoms with Gasteiger partial charge in [0.05, 0.1) is 20.8 Å². The smallest absolute Gasteiger partial charge is 0.225 e. The molecule has 1 aliphatic carbocycles. The topological polar surface area (TPSA) is 75.2 Å². The summed E-state index contributed by atoms with van der Waals surface area (Å²) >= 11 is 0. The Morgan fingerprint density at radius 1 is 1.16 bits per heavy atom. The van der Waals surface area contributed by atoms with Gasteiger partial charge in [-0.25, -0.2) is 4.99 Å². The first kappa shape index (κ1) is 25.5. The standard InChI is InChI=1S/C23H36N4O3.HI/c1-4-24-23(25-15-18-10-11-20(29-2)14-21(18)30-3)26-19-12-13-27(16-19)22(28)17-8-6-5-7-9-17;/h10-11,14,17,19H,4-9,12-13,15-16H2,1-3H3,(H2,24,25,26);1H. The number of guanidine groups is 1. The van der Waals surface area contributed by atoms with Crippen molar-refractivity contribution < 1.29 is 14.3 Å². The fourth-order valence-corrected chi connectivity index (χ4v) is 4.35. The molecule has 1 aromatic carbocycles. The third kappa shape index (κ3) is 7.15. The van der Waals surface area contributed by atoms with Crippen molar-refractivity contribution in [3.8, 4) is 11.5 Å². The first-order chi connectivity index (χ1) is 14.6. The van der Waals surface area contributed by atoms with E-state index < -0.39 is 0 Å². The van der Waals surface area contributed by atoms with Gasteiger partial charge in [0.2, 0.25) is 5.91 Å². The Labute approximate surface area is 203 Å². The molecule has 1 aromatic rings. The molecule has 1 saturated carbocycles. The molecule has 3 rings (SSSR count).